The van der Waals surface area contributed by atoms with Crippen molar-refractivity contribution in [3.8, 4) is 33.7 Å². The normalized spacial score (nSPS) is 13.1. The Balaban J connectivity index is 1.26. The zero-order valence-corrected chi connectivity index (χ0v) is 19.0. The van der Waals surface area contributed by atoms with Gasteiger partial charge >= 0.3 is 0 Å². The van der Waals surface area contributed by atoms with Gasteiger partial charge in [-0.15, -0.1) is 0 Å². The highest BCUT2D eigenvalue weighted by Crippen LogP contribution is 2.40. The first-order valence-electron chi connectivity index (χ1n) is 11.7. The molecule has 4 heteroatoms. The molecule has 0 amide bonds. The number of hydrogen-bond donors (Lipinski definition) is 1. The average molecular weight is 444 g/mol. The van der Waals surface area contributed by atoms with Crippen molar-refractivity contribution in [2.45, 2.75) is 25.7 Å². The van der Waals surface area contributed by atoms with Crippen LogP contribution in [0, 0.1) is 6.92 Å². The van der Waals surface area contributed by atoms with Crippen molar-refractivity contribution in [2.24, 2.45) is 0 Å². The van der Waals surface area contributed by atoms with Gasteiger partial charge in [0.25, 0.3) is 0 Å². The first kappa shape index (κ1) is 20.4. The minimum Gasteiger partial charge on any atom is -0.354 e. The van der Waals surface area contributed by atoms with E-state index in [-0.39, 0.29) is 0 Å². The Hall–Kier alpha value is -4.18. The molecule has 1 fully saturated rings. The smallest absolute Gasteiger partial charge is 0.190 e. The van der Waals surface area contributed by atoms with Gasteiger partial charge in [0.15, 0.2) is 5.76 Å². The highest BCUT2D eigenvalue weighted by atomic mass is 16.5. The van der Waals surface area contributed by atoms with Gasteiger partial charge in [0.1, 0.15) is 17.2 Å². The SMILES string of the molecule is Cc1noc(-c2ccc(-c3ccc(C4CC4)cc3)cc2)c1Nc1cccc(-c2ccccc2)n1. The molecule has 6 rings (SSSR count). The van der Waals surface area contributed by atoms with Crippen LogP contribution >= 0.6 is 0 Å². The summed E-state index contributed by atoms with van der Waals surface area (Å²) in [6.07, 6.45) is 2.65. The zero-order chi connectivity index (χ0) is 22.9. The van der Waals surface area contributed by atoms with Crippen molar-refractivity contribution in [3.63, 3.8) is 0 Å². The van der Waals surface area contributed by atoms with Gasteiger partial charge in [0, 0.05) is 11.1 Å². The molecule has 1 saturated carbocycles. The monoisotopic (exact) mass is 443 g/mol. The Bertz CT molecular complexity index is 1420. The molecule has 34 heavy (non-hydrogen) atoms. The lowest BCUT2D eigenvalue weighted by atomic mass is 10.0. The first-order chi connectivity index (χ1) is 16.7. The Morgan fingerprint density at radius 2 is 1.38 bits per heavy atom. The Labute approximate surface area is 199 Å². The van der Waals surface area contributed by atoms with E-state index in [1.807, 2.05) is 43.3 Å². The number of nitrogens with one attached hydrogen (secondary N) is 1. The van der Waals surface area contributed by atoms with E-state index >= 15 is 0 Å². The lowest BCUT2D eigenvalue weighted by molar-refractivity contribution is 0.427. The lowest BCUT2D eigenvalue weighted by Crippen LogP contribution is -1.97. The molecule has 0 radical (unpaired) electrons. The summed E-state index contributed by atoms with van der Waals surface area (Å²) in [5, 5.41) is 7.65. The summed E-state index contributed by atoms with van der Waals surface area (Å²) in [6.45, 7) is 1.94. The fraction of sp³-hybridized carbons (Fsp3) is 0.133. The van der Waals surface area contributed by atoms with E-state index in [1.165, 1.54) is 29.5 Å². The molecule has 1 aliphatic carbocycles. The molecule has 0 aliphatic heterocycles. The molecule has 0 unspecified atom stereocenters. The largest absolute Gasteiger partial charge is 0.354 e. The maximum Gasteiger partial charge on any atom is 0.190 e. The van der Waals surface area contributed by atoms with Gasteiger partial charge < -0.3 is 9.84 Å². The van der Waals surface area contributed by atoms with E-state index in [0.29, 0.717) is 5.76 Å². The van der Waals surface area contributed by atoms with Gasteiger partial charge in [-0.25, -0.2) is 4.98 Å². The molecule has 1 aliphatic rings. The van der Waals surface area contributed by atoms with Crippen LogP contribution in [0.5, 0.6) is 0 Å². The Morgan fingerprint density at radius 3 is 2.09 bits per heavy atom. The van der Waals surface area contributed by atoms with Crippen LogP contribution in [0.25, 0.3) is 33.7 Å². The molecule has 4 nitrogen and oxygen atoms in total. The topological polar surface area (TPSA) is 51.0 Å². The summed E-state index contributed by atoms with van der Waals surface area (Å²) >= 11 is 0. The van der Waals surface area contributed by atoms with Crippen molar-refractivity contribution in [2.75, 3.05) is 5.32 Å². The molecule has 0 spiro atoms. The van der Waals surface area contributed by atoms with Crippen molar-refractivity contribution < 1.29 is 4.52 Å². The van der Waals surface area contributed by atoms with Crippen molar-refractivity contribution >= 4 is 11.5 Å². The summed E-state index contributed by atoms with van der Waals surface area (Å²) in [7, 11) is 0. The van der Waals surface area contributed by atoms with Gasteiger partial charge in [0.2, 0.25) is 0 Å². The van der Waals surface area contributed by atoms with Crippen molar-refractivity contribution in [1.82, 2.24) is 10.1 Å². The van der Waals surface area contributed by atoms with Gasteiger partial charge in [0.05, 0.1) is 5.69 Å². The maximum atomic E-state index is 5.72. The second kappa shape index (κ2) is 8.64. The molecule has 1 N–H and O–H groups in total. The van der Waals surface area contributed by atoms with Gasteiger partial charge in [-0.1, -0.05) is 90.1 Å². The van der Waals surface area contributed by atoms with Crippen LogP contribution in [0.15, 0.2) is 102 Å². The standard InChI is InChI=1S/C30H25N3O/c1-20-29(32-28-9-5-8-27(31-28)25-6-3-2-4-7-25)30(34-33-20)26-18-16-24(17-19-26)23-14-12-22(13-15-23)21-10-11-21/h2-9,12-19,21H,10-11H2,1H3,(H,31,32). The van der Waals surface area contributed by atoms with Crippen LogP contribution in [-0.2, 0) is 0 Å². The van der Waals surface area contributed by atoms with Crippen LogP contribution < -0.4 is 5.32 Å². The number of rotatable bonds is 6. The number of nitrogens with zero attached hydrogens (tertiary/aromatic N) is 2. The number of anilines is 2. The average Bonchev–Trinajstić information content (AvgIpc) is 3.69. The predicted octanol–water partition coefficient (Wildman–Crippen LogP) is 8.00. The first-order valence-corrected chi connectivity index (χ1v) is 11.7. The maximum absolute atomic E-state index is 5.72. The Morgan fingerprint density at radius 1 is 0.706 bits per heavy atom. The van der Waals surface area contributed by atoms with E-state index in [4.69, 9.17) is 9.51 Å². The molecule has 0 saturated heterocycles. The highest BCUT2D eigenvalue weighted by Gasteiger charge is 2.23. The number of benzene rings is 3. The molecule has 5 aromatic rings. The highest BCUT2D eigenvalue weighted by molar-refractivity contribution is 5.79. The molecular weight excluding hydrogens is 418 g/mol. The zero-order valence-electron chi connectivity index (χ0n) is 19.0. The fourth-order valence-corrected chi connectivity index (χ4v) is 4.29. The van der Waals surface area contributed by atoms with Crippen molar-refractivity contribution in [1.29, 1.82) is 0 Å². The molecule has 3 aromatic carbocycles. The number of pyridine rings is 1. The minimum atomic E-state index is 0.708. The van der Waals surface area contributed by atoms with E-state index < -0.39 is 0 Å². The second-order valence-corrected chi connectivity index (χ2v) is 8.84. The predicted molar refractivity (Wildman–Crippen MR) is 137 cm³/mol. The Kier molecular flexibility index (Phi) is 5.19. The number of aromatic nitrogens is 2. The van der Waals surface area contributed by atoms with E-state index in [0.717, 1.165) is 39.9 Å². The number of aryl methyl sites for hydroxylation is 1. The number of hydrogen-bond acceptors (Lipinski definition) is 4. The molecule has 0 atom stereocenters. The van der Waals surface area contributed by atoms with E-state index in [9.17, 15) is 0 Å². The van der Waals surface area contributed by atoms with Crippen LogP contribution in [0.1, 0.15) is 30.0 Å². The molecule has 0 bridgehead atoms. The fourth-order valence-electron chi connectivity index (χ4n) is 4.29. The van der Waals surface area contributed by atoms with Crippen LogP contribution in [0.3, 0.4) is 0 Å². The summed E-state index contributed by atoms with van der Waals surface area (Å²) in [4.78, 5) is 4.79. The summed E-state index contributed by atoms with van der Waals surface area (Å²) < 4.78 is 5.72. The van der Waals surface area contributed by atoms with Gasteiger partial charge in [-0.2, -0.15) is 0 Å². The van der Waals surface area contributed by atoms with E-state index in [1.54, 1.807) is 0 Å². The summed E-state index contributed by atoms with van der Waals surface area (Å²) in [6, 6.07) is 33.5. The summed E-state index contributed by atoms with van der Waals surface area (Å²) in [5.74, 6) is 2.24. The molecular formula is C30H25N3O. The van der Waals surface area contributed by atoms with Crippen LogP contribution in [0.2, 0.25) is 0 Å². The van der Waals surface area contributed by atoms with Crippen molar-refractivity contribution in [3.05, 3.63) is 108 Å². The third kappa shape index (κ3) is 4.11. The summed E-state index contributed by atoms with van der Waals surface area (Å²) in [5.41, 5.74) is 8.46. The molecule has 2 aromatic heterocycles. The quantitative estimate of drug-likeness (QED) is 0.289. The van der Waals surface area contributed by atoms with Crippen LogP contribution in [0.4, 0.5) is 11.5 Å². The third-order valence-corrected chi connectivity index (χ3v) is 6.37. The van der Waals surface area contributed by atoms with E-state index in [2.05, 4.69) is 71.1 Å². The van der Waals surface area contributed by atoms with Crippen LogP contribution in [-0.4, -0.2) is 10.1 Å². The lowest BCUT2D eigenvalue weighted by Gasteiger charge is -2.09. The third-order valence-electron chi connectivity index (χ3n) is 6.37. The molecule has 166 valence electrons. The second-order valence-electron chi connectivity index (χ2n) is 8.84. The van der Waals surface area contributed by atoms with Gasteiger partial charge in [-0.3, -0.25) is 0 Å². The minimum absolute atomic E-state index is 0.708. The van der Waals surface area contributed by atoms with Gasteiger partial charge in [-0.05, 0) is 54.5 Å². The molecule has 2 heterocycles.